The second-order valence-electron chi connectivity index (χ2n) is 5.87. The molecule has 0 unspecified atom stereocenters. The van der Waals surface area contributed by atoms with Crippen molar-refractivity contribution >= 4 is 23.0 Å². The van der Waals surface area contributed by atoms with Crippen LogP contribution in [-0.4, -0.2) is 25.4 Å². The van der Waals surface area contributed by atoms with E-state index in [0.717, 1.165) is 0 Å². The lowest BCUT2D eigenvalue weighted by Gasteiger charge is -2.16. The largest absolute Gasteiger partial charge is 0.433 e. The lowest BCUT2D eigenvalue weighted by Crippen LogP contribution is -2.31. The van der Waals surface area contributed by atoms with Crippen LogP contribution in [0.2, 0.25) is 5.15 Å². The maximum absolute atomic E-state index is 14.1. The molecule has 1 aromatic carbocycles. The van der Waals surface area contributed by atoms with Crippen LogP contribution in [0.3, 0.4) is 0 Å². The van der Waals surface area contributed by atoms with Gasteiger partial charge in [-0.05, 0) is 12.1 Å². The van der Waals surface area contributed by atoms with Crippen molar-refractivity contribution in [2.45, 2.75) is 12.7 Å². The summed E-state index contributed by atoms with van der Waals surface area (Å²) in [6.07, 6.45) is -1.78. The van der Waals surface area contributed by atoms with Gasteiger partial charge in [0.15, 0.2) is 12.2 Å². The van der Waals surface area contributed by atoms with Crippen LogP contribution < -0.4 is 0 Å². The summed E-state index contributed by atoms with van der Waals surface area (Å²) in [5.74, 6) is -0.667. The zero-order chi connectivity index (χ0) is 19.9. The molecule has 1 aliphatic rings. The highest BCUT2D eigenvalue weighted by atomic mass is 35.5. The van der Waals surface area contributed by atoms with Crippen LogP contribution >= 0.6 is 11.6 Å². The molecule has 2 aromatic heterocycles. The van der Waals surface area contributed by atoms with Gasteiger partial charge in [0.2, 0.25) is 11.5 Å². The molecule has 0 spiro atoms. The molecule has 5 nitrogen and oxygen atoms in total. The molecule has 0 N–H and O–H groups in total. The Bertz CT molecular complexity index is 1110. The lowest BCUT2D eigenvalue weighted by molar-refractivity contribution is -0.458. The minimum absolute atomic E-state index is 0.0396. The van der Waals surface area contributed by atoms with Crippen LogP contribution in [-0.2, 0) is 12.7 Å². The highest BCUT2D eigenvalue weighted by Gasteiger charge is 2.39. The first-order valence-electron chi connectivity index (χ1n) is 7.95. The predicted octanol–water partition coefficient (Wildman–Crippen LogP) is 4.33. The molecule has 0 radical (unpaired) electrons. The monoisotopic (exact) mass is 409 g/mol. The van der Waals surface area contributed by atoms with Gasteiger partial charge in [-0.25, -0.2) is 14.4 Å². The lowest BCUT2D eigenvalue weighted by atomic mass is 10.1. The molecule has 0 atom stereocenters. The molecule has 0 aliphatic carbocycles. The second kappa shape index (κ2) is 6.83. The van der Waals surface area contributed by atoms with Crippen molar-refractivity contribution in [2.75, 3.05) is 0 Å². The number of hydrogen-bond donors (Lipinski definition) is 0. The van der Waals surface area contributed by atoms with Crippen LogP contribution in [0, 0.1) is 5.82 Å². The van der Waals surface area contributed by atoms with Gasteiger partial charge in [-0.3, -0.25) is 0 Å². The summed E-state index contributed by atoms with van der Waals surface area (Å²) < 4.78 is 59.7. The first kappa shape index (κ1) is 18.3. The Morgan fingerprint density at radius 1 is 1.11 bits per heavy atom. The maximum atomic E-state index is 14.1. The fourth-order valence-electron chi connectivity index (χ4n) is 2.74. The number of halogens is 5. The molecule has 4 rings (SSSR count). The Labute approximate surface area is 160 Å². The van der Waals surface area contributed by atoms with Crippen LogP contribution in [0.5, 0.6) is 0 Å². The quantitative estimate of drug-likeness (QED) is 0.365. The van der Waals surface area contributed by atoms with Crippen LogP contribution in [0.15, 0.2) is 53.3 Å². The SMILES string of the molecule is Fc1ccccc1C[N+]1=C(c2nc(Cl)cc(C(F)(F)F)n2)C=C1c1ccon1. The Hall–Kier alpha value is -3.07. The third kappa shape index (κ3) is 3.40. The third-order valence-electron chi connectivity index (χ3n) is 4.06. The van der Waals surface area contributed by atoms with Gasteiger partial charge < -0.3 is 4.52 Å². The number of rotatable bonds is 4. The molecule has 3 aromatic rings. The van der Waals surface area contributed by atoms with E-state index in [9.17, 15) is 17.6 Å². The van der Waals surface area contributed by atoms with E-state index in [-0.39, 0.29) is 23.2 Å². The van der Waals surface area contributed by atoms with Crippen molar-refractivity contribution in [1.82, 2.24) is 15.1 Å². The molecule has 142 valence electrons. The van der Waals surface area contributed by atoms with E-state index in [1.165, 1.54) is 12.3 Å². The molecule has 3 heterocycles. The third-order valence-corrected chi connectivity index (χ3v) is 4.25. The smallest absolute Gasteiger partial charge is 0.364 e. The molecule has 1 aliphatic heterocycles. The first-order valence-corrected chi connectivity index (χ1v) is 8.33. The number of allylic oxidation sites excluding steroid dienone is 1. The second-order valence-corrected chi connectivity index (χ2v) is 6.26. The molecule has 28 heavy (non-hydrogen) atoms. The molecule has 10 heteroatoms. The van der Waals surface area contributed by atoms with E-state index in [0.29, 0.717) is 23.0 Å². The van der Waals surface area contributed by atoms with E-state index in [2.05, 4.69) is 15.1 Å². The normalized spacial score (nSPS) is 14.1. The van der Waals surface area contributed by atoms with Gasteiger partial charge in [-0.2, -0.15) is 17.7 Å². The van der Waals surface area contributed by atoms with E-state index in [4.69, 9.17) is 16.1 Å². The van der Waals surface area contributed by atoms with Crippen molar-refractivity contribution < 1.29 is 26.7 Å². The highest BCUT2D eigenvalue weighted by Crippen LogP contribution is 2.31. The summed E-state index contributed by atoms with van der Waals surface area (Å²) in [6, 6.07) is 8.31. The Morgan fingerprint density at radius 2 is 1.89 bits per heavy atom. The topological polar surface area (TPSA) is 54.8 Å². The summed E-state index contributed by atoms with van der Waals surface area (Å²) in [5.41, 5.74) is 0.410. The number of benzene rings is 1. The maximum Gasteiger partial charge on any atom is 0.433 e. The predicted molar refractivity (Wildman–Crippen MR) is 91.0 cm³/mol. The Morgan fingerprint density at radius 3 is 2.57 bits per heavy atom. The Kier molecular flexibility index (Phi) is 4.46. The fraction of sp³-hybridized carbons (Fsp3) is 0.111. The number of aromatic nitrogens is 3. The van der Waals surface area contributed by atoms with Crippen molar-refractivity contribution in [3.63, 3.8) is 0 Å². The van der Waals surface area contributed by atoms with Gasteiger partial charge >= 0.3 is 6.18 Å². The van der Waals surface area contributed by atoms with Crippen LogP contribution in [0.25, 0.3) is 5.70 Å². The zero-order valence-electron chi connectivity index (χ0n) is 13.9. The summed E-state index contributed by atoms with van der Waals surface area (Å²) in [6.45, 7) is 0.0396. The van der Waals surface area contributed by atoms with Crippen molar-refractivity contribution in [3.05, 3.63) is 82.5 Å². The summed E-state index contributed by atoms with van der Waals surface area (Å²) >= 11 is 5.76. The summed E-state index contributed by atoms with van der Waals surface area (Å²) in [4.78, 5) is 7.47. The molecular formula is C18H10ClF4N4O+. The number of hydrogen-bond acceptors (Lipinski definition) is 4. The number of alkyl halides is 3. The summed E-state index contributed by atoms with van der Waals surface area (Å²) in [5, 5.41) is 3.47. The molecule has 0 amide bonds. The molecule has 0 bridgehead atoms. The molecule has 0 saturated heterocycles. The average Bonchev–Trinajstić information content (AvgIpc) is 3.13. The van der Waals surface area contributed by atoms with Crippen molar-refractivity contribution in [2.24, 2.45) is 0 Å². The Balaban J connectivity index is 1.80. The number of nitrogens with zero attached hydrogens (tertiary/aromatic N) is 4. The van der Waals surface area contributed by atoms with Crippen LogP contribution in [0.4, 0.5) is 17.6 Å². The minimum Gasteiger partial charge on any atom is -0.364 e. The molecular weight excluding hydrogens is 400 g/mol. The van der Waals surface area contributed by atoms with E-state index < -0.39 is 17.7 Å². The van der Waals surface area contributed by atoms with Gasteiger partial charge in [0.25, 0.3) is 5.71 Å². The van der Waals surface area contributed by atoms with E-state index in [1.54, 1.807) is 34.9 Å². The molecule has 0 saturated carbocycles. The minimum atomic E-state index is -4.68. The first-order chi connectivity index (χ1) is 13.3. The van der Waals surface area contributed by atoms with Gasteiger partial charge in [-0.15, -0.1) is 0 Å². The standard InChI is InChI=1S/C18H10ClF4N4O/c19-16-8-15(18(21,22)23)24-17(25-16)14-7-13(12-5-6-28-26-12)27(14)9-10-3-1-2-4-11(10)20/h1-8H,9H2/q+1. The van der Waals surface area contributed by atoms with Gasteiger partial charge in [0.05, 0.1) is 11.6 Å². The van der Waals surface area contributed by atoms with E-state index >= 15 is 0 Å². The van der Waals surface area contributed by atoms with Crippen LogP contribution in [0.1, 0.15) is 22.8 Å². The van der Waals surface area contributed by atoms with Gasteiger partial charge in [0, 0.05) is 12.1 Å². The zero-order valence-corrected chi connectivity index (χ0v) is 14.7. The highest BCUT2D eigenvalue weighted by molar-refractivity contribution is 6.29. The van der Waals surface area contributed by atoms with E-state index in [1.807, 2.05) is 0 Å². The van der Waals surface area contributed by atoms with Crippen molar-refractivity contribution in [3.8, 4) is 0 Å². The average molecular weight is 410 g/mol. The summed E-state index contributed by atoms with van der Waals surface area (Å²) in [7, 11) is 0. The fourth-order valence-corrected chi connectivity index (χ4v) is 2.92. The van der Waals surface area contributed by atoms with Gasteiger partial charge in [-0.1, -0.05) is 28.9 Å². The molecule has 0 fully saturated rings. The van der Waals surface area contributed by atoms with Gasteiger partial charge in [0.1, 0.15) is 22.9 Å². The van der Waals surface area contributed by atoms with Crippen molar-refractivity contribution in [1.29, 1.82) is 0 Å².